The predicted molar refractivity (Wildman–Crippen MR) is 216 cm³/mol. The van der Waals surface area contributed by atoms with Crippen LogP contribution in [0.2, 0.25) is 0 Å². The van der Waals surface area contributed by atoms with Crippen LogP contribution in [-0.2, 0) is 17.1 Å². The van der Waals surface area contributed by atoms with Crippen LogP contribution in [0.1, 0.15) is 121 Å². The summed E-state index contributed by atoms with van der Waals surface area (Å²) in [5, 5.41) is 4.62. The van der Waals surface area contributed by atoms with E-state index in [2.05, 4.69) is 91.9 Å². The maximum Gasteiger partial charge on any atom is 2.00 e. The summed E-state index contributed by atoms with van der Waals surface area (Å²) in [4.78, 5) is 0. The average molecular weight is 735 g/mol. The van der Waals surface area contributed by atoms with Gasteiger partial charge in [0.25, 0.3) is 0 Å². The minimum absolute atomic E-state index is 0. The fourth-order valence-electron chi connectivity index (χ4n) is 11.6. The van der Waals surface area contributed by atoms with Gasteiger partial charge >= 0.3 is 17.1 Å². The van der Waals surface area contributed by atoms with Crippen LogP contribution in [0.15, 0.2) is 84.9 Å². The Morgan fingerprint density at radius 2 is 1.02 bits per heavy atom. The Labute approximate surface area is 314 Å². The molecule has 6 aliphatic rings. The van der Waals surface area contributed by atoms with E-state index in [0.29, 0.717) is 0 Å². The zero-order valence-electron chi connectivity index (χ0n) is 30.8. The molecule has 0 heterocycles. The molecule has 6 saturated carbocycles. The van der Waals surface area contributed by atoms with Crippen molar-refractivity contribution in [1.29, 1.82) is 0 Å². The molecule has 0 radical (unpaired) electrons. The zero-order chi connectivity index (χ0) is 30.9. The molecule has 3 aromatic rings. The fraction of sp³-hybridized carbons (Fsp3) is 0.565. The van der Waals surface area contributed by atoms with Crippen LogP contribution in [0.5, 0.6) is 0 Å². The molecule has 8 unspecified atom stereocenters. The van der Waals surface area contributed by atoms with E-state index in [0.717, 1.165) is 52.5 Å². The van der Waals surface area contributed by atoms with E-state index in [4.69, 9.17) is 0 Å². The molecule has 9 rings (SSSR count). The molecule has 0 nitrogen and oxygen atoms in total. The van der Waals surface area contributed by atoms with Gasteiger partial charge in [-0.25, -0.2) is 0 Å². The monoisotopic (exact) mass is 734 g/mol. The van der Waals surface area contributed by atoms with E-state index in [9.17, 15) is 0 Å². The van der Waals surface area contributed by atoms with Gasteiger partial charge in [0.1, 0.15) is 0 Å². The van der Waals surface area contributed by atoms with Gasteiger partial charge < -0.3 is 14.9 Å². The van der Waals surface area contributed by atoms with Gasteiger partial charge in [-0.2, -0.15) is 0 Å². The summed E-state index contributed by atoms with van der Waals surface area (Å²) in [6.45, 7) is 2.80. The second-order valence-electron chi connectivity index (χ2n) is 16.2. The number of hydrogen-bond donors (Lipinski definition) is 0. The Bertz CT molecular complexity index is 1330. The van der Waals surface area contributed by atoms with Crippen LogP contribution >= 0.6 is 15.8 Å². The minimum atomic E-state index is -0.557. The van der Waals surface area contributed by atoms with Gasteiger partial charge in [0.2, 0.25) is 0 Å². The molecule has 0 aromatic heterocycles. The number of hydrogen-bond acceptors (Lipinski definition) is 0. The molecular weight excluding hydrogens is 670 g/mol. The van der Waals surface area contributed by atoms with E-state index >= 15 is 0 Å². The molecule has 0 N–H and O–H groups in total. The van der Waals surface area contributed by atoms with E-state index in [1.807, 2.05) is 0 Å². The number of rotatable bonds is 8. The van der Waals surface area contributed by atoms with Crippen molar-refractivity contribution in [3.05, 3.63) is 105 Å². The van der Waals surface area contributed by atoms with Crippen molar-refractivity contribution in [3.8, 4) is 0 Å². The molecule has 0 spiro atoms. The minimum Gasteiger partial charge on any atom is -0.358 e. The molecule has 4 bridgehead atoms. The molecule has 0 aliphatic heterocycles. The van der Waals surface area contributed by atoms with Crippen molar-refractivity contribution in [1.82, 2.24) is 0 Å². The fourth-order valence-corrected chi connectivity index (χ4v) is 19.3. The SMILES string of the molecule is C1CCCC1.C[C@H](C1CCCC1c1ccccc1P(c1ccccc1)c1ccccc1)P(C1CC2CCC1C2)C1CC2CCC1C2.[CH3-].[CH3-].[Fe+2]. The van der Waals surface area contributed by atoms with Crippen molar-refractivity contribution in [2.45, 2.75) is 133 Å². The van der Waals surface area contributed by atoms with Gasteiger partial charge in [0.15, 0.2) is 0 Å². The van der Waals surface area contributed by atoms with Crippen molar-refractivity contribution < 1.29 is 17.1 Å². The third-order valence-electron chi connectivity index (χ3n) is 13.7. The van der Waals surface area contributed by atoms with Crippen LogP contribution in [0.25, 0.3) is 0 Å². The Balaban J connectivity index is 0.000000540. The summed E-state index contributed by atoms with van der Waals surface area (Å²) in [5.41, 5.74) is 4.84. The third-order valence-corrected chi connectivity index (χ3v) is 20.3. The molecule has 9 atom stereocenters. The second kappa shape index (κ2) is 18.2. The number of benzene rings is 3. The predicted octanol–water partition coefficient (Wildman–Crippen LogP) is 12.4. The molecule has 3 aromatic carbocycles. The van der Waals surface area contributed by atoms with E-state index in [1.165, 1.54) is 62.0 Å². The van der Waals surface area contributed by atoms with Crippen LogP contribution in [0.3, 0.4) is 0 Å². The summed E-state index contributed by atoms with van der Waals surface area (Å²) < 4.78 is 0. The van der Waals surface area contributed by atoms with E-state index in [1.54, 1.807) is 62.2 Å². The summed E-state index contributed by atoms with van der Waals surface area (Å²) in [7, 11) is -0.446. The Hall–Kier alpha value is -0.961. The maximum atomic E-state index is 2.80. The van der Waals surface area contributed by atoms with Gasteiger partial charge in [-0.3, -0.25) is 0 Å². The first kappa shape index (κ1) is 39.3. The summed E-state index contributed by atoms with van der Waals surface area (Å²) >= 11 is 0. The molecule has 3 heteroatoms. The van der Waals surface area contributed by atoms with E-state index in [-0.39, 0.29) is 39.8 Å². The van der Waals surface area contributed by atoms with Gasteiger partial charge in [0, 0.05) is 0 Å². The first-order valence-electron chi connectivity index (χ1n) is 19.5. The van der Waals surface area contributed by atoms with Crippen molar-refractivity contribution in [2.24, 2.45) is 29.6 Å². The van der Waals surface area contributed by atoms with Gasteiger partial charge in [-0.15, -0.1) is 0 Å². The normalized spacial score (nSPS) is 32.0. The third kappa shape index (κ3) is 8.33. The van der Waals surface area contributed by atoms with Crippen LogP contribution in [-0.4, -0.2) is 17.0 Å². The van der Waals surface area contributed by atoms with Gasteiger partial charge in [-0.05, 0) is 133 Å². The average Bonchev–Trinajstić information content (AvgIpc) is 3.97. The standard InChI is InChI=1S/C39H48P2.C5H10.2CH3.Fe/c1-27(40(38-25-28-19-21-30(38)23-28)39-26-29-20-22-31(39)24-29)34-16-10-17-35(34)36-15-8-9-18-37(36)41(32-11-4-2-5-12-32)33-13-6-3-7-14-33;1-2-4-5-3-1;;;/h2-9,11-15,18,27-31,34-35,38-39H,10,16-17,19-26H2,1H3;1-5H2;2*1H3;/q;;2*-1;+2/t27-,28?,29?,30?,31?,34?,35?,38?,39?,40?;;;;/m1..../s1. The first-order chi connectivity index (χ1) is 22.7. The molecule has 6 aliphatic carbocycles. The Morgan fingerprint density at radius 1 is 0.531 bits per heavy atom. The van der Waals surface area contributed by atoms with Crippen molar-refractivity contribution in [2.75, 3.05) is 0 Å². The molecule has 0 saturated heterocycles. The molecule has 49 heavy (non-hydrogen) atoms. The maximum absolute atomic E-state index is 2.80. The Morgan fingerprint density at radius 3 is 1.49 bits per heavy atom. The zero-order valence-corrected chi connectivity index (χ0v) is 33.7. The van der Waals surface area contributed by atoms with Crippen LogP contribution in [0, 0.1) is 44.4 Å². The first-order valence-corrected chi connectivity index (χ1v) is 22.4. The Kier molecular flexibility index (Phi) is 14.6. The van der Waals surface area contributed by atoms with Gasteiger partial charge in [-0.1, -0.05) is 151 Å². The summed E-state index contributed by atoms with van der Waals surface area (Å²) in [6, 6.07) is 32.6. The molecule has 266 valence electrons. The molecule has 6 fully saturated rings. The molecular formula is C46H64FeP2. The largest absolute Gasteiger partial charge is 2.00 e. The van der Waals surface area contributed by atoms with E-state index < -0.39 is 7.92 Å². The smallest absolute Gasteiger partial charge is 0.358 e. The topological polar surface area (TPSA) is 0 Å². The van der Waals surface area contributed by atoms with Crippen LogP contribution in [0.4, 0.5) is 0 Å². The van der Waals surface area contributed by atoms with Gasteiger partial charge in [0.05, 0.1) is 0 Å². The van der Waals surface area contributed by atoms with Crippen molar-refractivity contribution in [3.63, 3.8) is 0 Å². The van der Waals surface area contributed by atoms with Crippen LogP contribution < -0.4 is 15.9 Å². The summed E-state index contributed by atoms with van der Waals surface area (Å²) in [5.74, 6) is 5.96. The quantitative estimate of drug-likeness (QED) is 0.123. The number of fused-ring (bicyclic) bond motifs is 4. The van der Waals surface area contributed by atoms with Crippen molar-refractivity contribution >= 4 is 31.8 Å². The second-order valence-corrected chi connectivity index (χ2v) is 21.4. The summed E-state index contributed by atoms with van der Waals surface area (Å²) in [6.07, 6.45) is 24.4. The molecule has 0 amide bonds.